The maximum Gasteiger partial charge on any atom is 0.299 e. The molecule has 0 saturated heterocycles. The molecule has 104 valence electrons. The minimum atomic E-state index is -0.621. The van der Waals surface area contributed by atoms with Crippen LogP contribution in [0.5, 0.6) is 6.01 Å². The number of methoxy groups -OCH3 is 1. The zero-order valence-electron chi connectivity index (χ0n) is 11.1. The molecule has 0 aliphatic carbocycles. The predicted molar refractivity (Wildman–Crippen MR) is 70.5 cm³/mol. The Hall–Kier alpha value is -2.50. The summed E-state index contributed by atoms with van der Waals surface area (Å²) >= 11 is 0. The molecule has 0 amide bonds. The highest BCUT2D eigenvalue weighted by Crippen LogP contribution is 2.10. The first-order chi connectivity index (χ1) is 9.52. The third-order valence-electron chi connectivity index (χ3n) is 2.76. The van der Waals surface area contributed by atoms with E-state index >= 15 is 0 Å². The van der Waals surface area contributed by atoms with E-state index in [0.717, 1.165) is 4.57 Å². The number of rotatable bonds is 4. The van der Waals surface area contributed by atoms with Gasteiger partial charge in [-0.3, -0.25) is 14.2 Å². The Morgan fingerprint density at radius 2 is 2.10 bits per heavy atom. The lowest BCUT2D eigenvalue weighted by molar-refractivity contribution is 0.0962. The number of ether oxygens (including phenoxy) is 1. The van der Waals surface area contributed by atoms with Crippen LogP contribution in [-0.4, -0.2) is 22.4 Å². The minimum Gasteiger partial charge on any atom is -0.468 e. The smallest absolute Gasteiger partial charge is 0.299 e. The molecule has 0 saturated carbocycles. The van der Waals surface area contributed by atoms with Gasteiger partial charge in [0.15, 0.2) is 5.78 Å². The number of benzene rings is 1. The molecule has 2 aromatic rings. The van der Waals surface area contributed by atoms with E-state index in [1.165, 1.54) is 31.4 Å². The van der Waals surface area contributed by atoms with E-state index in [4.69, 9.17) is 4.74 Å². The van der Waals surface area contributed by atoms with Gasteiger partial charge in [0.1, 0.15) is 5.82 Å². The molecule has 0 radical (unpaired) electrons. The van der Waals surface area contributed by atoms with Crippen molar-refractivity contribution < 1.29 is 13.9 Å². The summed E-state index contributed by atoms with van der Waals surface area (Å²) in [5.41, 5.74) is 0.00232. The lowest BCUT2D eigenvalue weighted by atomic mass is 10.1. The normalized spacial score (nSPS) is 10.3. The second kappa shape index (κ2) is 5.64. The molecule has 1 aromatic heterocycles. The number of Topliss-reactive ketones (excluding diaryl/α,β-unsaturated/α-hetero) is 1. The van der Waals surface area contributed by atoms with Crippen LogP contribution in [0.4, 0.5) is 4.39 Å². The van der Waals surface area contributed by atoms with Gasteiger partial charge in [0.25, 0.3) is 11.6 Å². The summed E-state index contributed by atoms with van der Waals surface area (Å²) in [6.07, 6.45) is 0. The Kier molecular flexibility index (Phi) is 3.93. The average molecular weight is 276 g/mol. The Morgan fingerprint density at radius 1 is 1.40 bits per heavy atom. The van der Waals surface area contributed by atoms with Crippen LogP contribution in [-0.2, 0) is 6.54 Å². The van der Waals surface area contributed by atoms with Crippen LogP contribution in [0.15, 0.2) is 35.1 Å². The van der Waals surface area contributed by atoms with Crippen LogP contribution in [0, 0.1) is 12.7 Å². The van der Waals surface area contributed by atoms with Crippen LogP contribution in [0.1, 0.15) is 16.1 Å². The molecule has 0 fully saturated rings. The van der Waals surface area contributed by atoms with E-state index in [9.17, 15) is 14.0 Å². The van der Waals surface area contributed by atoms with Gasteiger partial charge in [-0.05, 0) is 19.1 Å². The second-order valence-electron chi connectivity index (χ2n) is 4.21. The summed E-state index contributed by atoms with van der Waals surface area (Å²) in [5.74, 6) is -1.14. The third-order valence-corrected chi connectivity index (χ3v) is 2.76. The van der Waals surface area contributed by atoms with Crippen LogP contribution in [0.25, 0.3) is 0 Å². The van der Waals surface area contributed by atoms with Crippen molar-refractivity contribution in [3.8, 4) is 6.01 Å². The van der Waals surface area contributed by atoms with Crippen molar-refractivity contribution in [1.82, 2.24) is 9.55 Å². The number of ketones is 1. The molecule has 6 heteroatoms. The van der Waals surface area contributed by atoms with Crippen molar-refractivity contribution in [3.63, 3.8) is 0 Å². The molecule has 0 aliphatic heterocycles. The first-order valence-corrected chi connectivity index (χ1v) is 5.93. The van der Waals surface area contributed by atoms with Gasteiger partial charge in [0.2, 0.25) is 0 Å². The highest BCUT2D eigenvalue weighted by molar-refractivity contribution is 5.96. The van der Waals surface area contributed by atoms with Gasteiger partial charge >= 0.3 is 0 Å². The molecule has 2 rings (SSSR count). The van der Waals surface area contributed by atoms with Crippen molar-refractivity contribution in [3.05, 3.63) is 57.8 Å². The number of aryl methyl sites for hydroxylation is 1. The maximum absolute atomic E-state index is 13.5. The predicted octanol–water partition coefficient (Wildman–Crippen LogP) is 1.58. The molecular weight excluding hydrogens is 263 g/mol. The number of aromatic nitrogens is 2. The molecular formula is C14H13FN2O3. The zero-order valence-corrected chi connectivity index (χ0v) is 11.1. The van der Waals surface area contributed by atoms with E-state index in [2.05, 4.69) is 4.98 Å². The number of nitrogens with zero attached hydrogens (tertiary/aromatic N) is 2. The van der Waals surface area contributed by atoms with Crippen molar-refractivity contribution in [2.45, 2.75) is 13.5 Å². The summed E-state index contributed by atoms with van der Waals surface area (Å²) in [6.45, 7) is 1.32. The fourth-order valence-electron chi connectivity index (χ4n) is 1.81. The van der Waals surface area contributed by atoms with Crippen LogP contribution in [0.2, 0.25) is 0 Å². The minimum absolute atomic E-state index is 0.0275. The van der Waals surface area contributed by atoms with Gasteiger partial charge < -0.3 is 4.74 Å². The number of carbonyl (C=O) groups is 1. The van der Waals surface area contributed by atoms with Crippen LogP contribution >= 0.6 is 0 Å². The lowest BCUT2D eigenvalue weighted by Crippen LogP contribution is -2.26. The van der Waals surface area contributed by atoms with E-state index in [1.54, 1.807) is 13.0 Å². The molecule has 20 heavy (non-hydrogen) atoms. The first-order valence-electron chi connectivity index (χ1n) is 5.93. The third kappa shape index (κ3) is 2.74. The first kappa shape index (κ1) is 13.9. The Balaban J connectivity index is 2.38. The number of halogens is 1. The molecule has 5 nitrogen and oxygen atoms in total. The average Bonchev–Trinajstić information content (AvgIpc) is 2.41. The monoisotopic (exact) mass is 276 g/mol. The Morgan fingerprint density at radius 3 is 2.75 bits per heavy atom. The maximum atomic E-state index is 13.5. The fourth-order valence-corrected chi connectivity index (χ4v) is 1.81. The van der Waals surface area contributed by atoms with E-state index in [-0.39, 0.29) is 18.1 Å². The Bertz CT molecular complexity index is 710. The van der Waals surface area contributed by atoms with Crippen molar-refractivity contribution in [1.29, 1.82) is 0 Å². The van der Waals surface area contributed by atoms with E-state index < -0.39 is 17.2 Å². The topological polar surface area (TPSA) is 61.2 Å². The largest absolute Gasteiger partial charge is 0.468 e. The Labute approximate surface area is 114 Å². The van der Waals surface area contributed by atoms with Crippen molar-refractivity contribution in [2.75, 3.05) is 7.11 Å². The number of hydrogen-bond donors (Lipinski definition) is 0. The molecule has 0 unspecified atom stereocenters. The van der Waals surface area contributed by atoms with Gasteiger partial charge in [-0.2, -0.15) is 0 Å². The summed E-state index contributed by atoms with van der Waals surface area (Å²) in [6, 6.07) is 6.93. The molecule has 1 aromatic carbocycles. The van der Waals surface area contributed by atoms with Gasteiger partial charge in [-0.15, -0.1) is 0 Å². The summed E-state index contributed by atoms with van der Waals surface area (Å²) in [5, 5.41) is 0. The van der Waals surface area contributed by atoms with Gasteiger partial charge in [0, 0.05) is 11.8 Å². The molecule has 0 atom stereocenters. The zero-order chi connectivity index (χ0) is 14.7. The summed E-state index contributed by atoms with van der Waals surface area (Å²) in [7, 11) is 1.35. The number of carbonyl (C=O) groups excluding carboxylic acids is 1. The second-order valence-corrected chi connectivity index (χ2v) is 4.21. The van der Waals surface area contributed by atoms with E-state index in [0.29, 0.717) is 5.69 Å². The fraction of sp³-hybridized carbons (Fsp3) is 0.214. The molecule has 1 heterocycles. The quantitative estimate of drug-likeness (QED) is 0.795. The highest BCUT2D eigenvalue weighted by atomic mass is 19.1. The van der Waals surface area contributed by atoms with Crippen LogP contribution in [0.3, 0.4) is 0 Å². The van der Waals surface area contributed by atoms with Crippen molar-refractivity contribution in [2.24, 2.45) is 0 Å². The lowest BCUT2D eigenvalue weighted by Gasteiger charge is -2.10. The molecule has 0 aliphatic rings. The summed E-state index contributed by atoms with van der Waals surface area (Å²) < 4.78 is 19.6. The van der Waals surface area contributed by atoms with Gasteiger partial charge in [-0.1, -0.05) is 12.1 Å². The van der Waals surface area contributed by atoms with Crippen molar-refractivity contribution >= 4 is 5.78 Å². The standard InChI is InChI=1S/C14H13FN2O3/c1-9-7-13(19)17(14(16-9)20-2)8-12(18)10-5-3-4-6-11(10)15/h3-7H,8H2,1-2H3. The SMILES string of the molecule is COc1nc(C)cc(=O)n1CC(=O)c1ccccc1F. The van der Waals surface area contributed by atoms with Gasteiger partial charge in [0.05, 0.1) is 19.2 Å². The number of hydrogen-bond acceptors (Lipinski definition) is 4. The highest BCUT2D eigenvalue weighted by Gasteiger charge is 2.15. The van der Waals surface area contributed by atoms with E-state index in [1.807, 2.05) is 0 Å². The molecule has 0 N–H and O–H groups in total. The van der Waals surface area contributed by atoms with Crippen LogP contribution < -0.4 is 10.3 Å². The molecule has 0 bridgehead atoms. The summed E-state index contributed by atoms with van der Waals surface area (Å²) in [4.78, 5) is 27.9. The molecule has 0 spiro atoms. The van der Waals surface area contributed by atoms with Gasteiger partial charge in [-0.25, -0.2) is 9.37 Å².